The lowest BCUT2D eigenvalue weighted by Crippen LogP contribution is -1.98. The number of halogens is 1. The maximum atomic E-state index is 10.0. The lowest BCUT2D eigenvalue weighted by Gasteiger charge is -2.07. The zero-order valence-electron chi connectivity index (χ0n) is 8.14. The Labute approximate surface area is 97.2 Å². The second-order valence-electron chi connectivity index (χ2n) is 3.28. The Morgan fingerprint density at radius 3 is 2.87 bits per heavy atom. The molecule has 0 aliphatic heterocycles. The molecule has 1 atom stereocenters. The number of benzene rings is 1. The Morgan fingerprint density at radius 1 is 1.47 bits per heavy atom. The minimum Gasteiger partial charge on any atom is -0.381 e. The van der Waals surface area contributed by atoms with Crippen molar-refractivity contribution in [3.63, 3.8) is 0 Å². The highest BCUT2D eigenvalue weighted by Gasteiger charge is 2.13. The molecule has 0 saturated carbocycles. The van der Waals surface area contributed by atoms with Crippen molar-refractivity contribution in [3.05, 3.63) is 50.9 Å². The van der Waals surface area contributed by atoms with E-state index in [4.69, 9.17) is 11.6 Å². The van der Waals surface area contributed by atoms with Crippen molar-refractivity contribution < 1.29 is 5.11 Å². The number of aryl methyl sites for hydroxylation is 1. The first-order valence-electron chi connectivity index (χ1n) is 4.52. The fraction of sp³-hybridized carbons (Fsp3) is 0.182. The van der Waals surface area contributed by atoms with Gasteiger partial charge < -0.3 is 5.11 Å². The summed E-state index contributed by atoms with van der Waals surface area (Å²) < 4.78 is 0. The van der Waals surface area contributed by atoms with E-state index in [1.807, 2.05) is 24.4 Å². The lowest BCUT2D eigenvalue weighted by atomic mass is 10.1. The molecular weight excluding hydrogens is 230 g/mol. The number of thiazole rings is 1. The van der Waals surface area contributed by atoms with Gasteiger partial charge in [-0.1, -0.05) is 23.7 Å². The molecule has 4 heteroatoms. The summed E-state index contributed by atoms with van der Waals surface area (Å²) in [7, 11) is 0. The van der Waals surface area contributed by atoms with E-state index in [0.29, 0.717) is 10.0 Å². The first-order chi connectivity index (χ1) is 7.16. The largest absolute Gasteiger partial charge is 0.381 e. The van der Waals surface area contributed by atoms with Crippen molar-refractivity contribution in [1.82, 2.24) is 4.98 Å². The number of aromatic nitrogens is 1. The van der Waals surface area contributed by atoms with Crippen molar-refractivity contribution in [3.8, 4) is 0 Å². The lowest BCUT2D eigenvalue weighted by molar-refractivity contribution is 0.219. The van der Waals surface area contributed by atoms with E-state index in [1.54, 1.807) is 12.1 Å². The van der Waals surface area contributed by atoms with Crippen LogP contribution in [0.25, 0.3) is 0 Å². The van der Waals surface area contributed by atoms with Gasteiger partial charge in [-0.15, -0.1) is 11.3 Å². The summed E-state index contributed by atoms with van der Waals surface area (Å²) in [6.45, 7) is 1.91. The van der Waals surface area contributed by atoms with E-state index in [1.165, 1.54) is 11.3 Å². The summed E-state index contributed by atoms with van der Waals surface area (Å²) in [6, 6.07) is 7.20. The fourth-order valence-corrected chi connectivity index (χ4v) is 2.32. The average molecular weight is 240 g/mol. The fourth-order valence-electron chi connectivity index (χ4n) is 1.32. The quantitative estimate of drug-likeness (QED) is 0.873. The molecule has 1 N–H and O–H groups in total. The van der Waals surface area contributed by atoms with Gasteiger partial charge in [0.1, 0.15) is 11.1 Å². The molecule has 2 aromatic rings. The molecule has 1 unspecified atom stereocenters. The number of nitrogens with zero attached hydrogens (tertiary/aromatic N) is 1. The molecule has 0 saturated heterocycles. The zero-order valence-corrected chi connectivity index (χ0v) is 9.72. The van der Waals surface area contributed by atoms with E-state index in [-0.39, 0.29) is 0 Å². The molecule has 15 heavy (non-hydrogen) atoms. The van der Waals surface area contributed by atoms with E-state index in [2.05, 4.69) is 4.98 Å². The van der Waals surface area contributed by atoms with Gasteiger partial charge in [0.05, 0.1) is 0 Å². The molecule has 0 radical (unpaired) electrons. The van der Waals surface area contributed by atoms with Crippen LogP contribution in [0.15, 0.2) is 29.6 Å². The number of hydrogen-bond acceptors (Lipinski definition) is 3. The van der Waals surface area contributed by atoms with Crippen molar-refractivity contribution in [2.45, 2.75) is 13.0 Å². The predicted molar refractivity (Wildman–Crippen MR) is 62.4 cm³/mol. The van der Waals surface area contributed by atoms with Gasteiger partial charge in [0.25, 0.3) is 0 Å². The van der Waals surface area contributed by atoms with Gasteiger partial charge in [0.15, 0.2) is 0 Å². The molecule has 0 aliphatic rings. The minimum atomic E-state index is -0.678. The van der Waals surface area contributed by atoms with Crippen LogP contribution in [0.4, 0.5) is 0 Å². The summed E-state index contributed by atoms with van der Waals surface area (Å²) >= 11 is 7.31. The summed E-state index contributed by atoms with van der Waals surface area (Å²) in [5.74, 6) is 0. The zero-order chi connectivity index (χ0) is 10.8. The standard InChI is InChI=1S/C11H10ClNOS/c1-7-6-15-11(13-7)10(14)8-3-2-4-9(12)5-8/h2-6,10,14H,1H3. The SMILES string of the molecule is Cc1csc(C(O)c2cccc(Cl)c2)n1. The van der Waals surface area contributed by atoms with Gasteiger partial charge in [0, 0.05) is 16.1 Å². The maximum absolute atomic E-state index is 10.0. The van der Waals surface area contributed by atoms with E-state index in [0.717, 1.165) is 11.3 Å². The van der Waals surface area contributed by atoms with Gasteiger partial charge in [-0.2, -0.15) is 0 Å². The number of aliphatic hydroxyl groups excluding tert-OH is 1. The van der Waals surface area contributed by atoms with Crippen molar-refractivity contribution in [1.29, 1.82) is 0 Å². The van der Waals surface area contributed by atoms with Crippen molar-refractivity contribution >= 4 is 22.9 Å². The van der Waals surface area contributed by atoms with Gasteiger partial charge in [-0.25, -0.2) is 4.98 Å². The van der Waals surface area contributed by atoms with Gasteiger partial charge in [-0.05, 0) is 24.6 Å². The molecule has 1 heterocycles. The van der Waals surface area contributed by atoms with E-state index < -0.39 is 6.10 Å². The monoisotopic (exact) mass is 239 g/mol. The normalized spacial score (nSPS) is 12.7. The third-order valence-corrected chi connectivity index (χ3v) is 3.29. The highest BCUT2D eigenvalue weighted by Crippen LogP contribution is 2.26. The summed E-state index contributed by atoms with van der Waals surface area (Å²) in [5.41, 5.74) is 1.70. The Hall–Kier alpha value is -0.900. The van der Waals surface area contributed by atoms with Crippen LogP contribution in [0.5, 0.6) is 0 Å². The van der Waals surface area contributed by atoms with Crippen molar-refractivity contribution in [2.24, 2.45) is 0 Å². The molecule has 1 aromatic heterocycles. The smallest absolute Gasteiger partial charge is 0.131 e. The predicted octanol–water partition coefficient (Wildman–Crippen LogP) is 3.19. The first-order valence-corrected chi connectivity index (χ1v) is 5.78. The van der Waals surface area contributed by atoms with Crippen LogP contribution in [-0.4, -0.2) is 10.1 Å². The van der Waals surface area contributed by atoms with Crippen molar-refractivity contribution in [2.75, 3.05) is 0 Å². The summed E-state index contributed by atoms with van der Waals surface area (Å²) in [4.78, 5) is 4.24. The highest BCUT2D eigenvalue weighted by molar-refractivity contribution is 7.09. The number of aliphatic hydroxyl groups is 1. The van der Waals surface area contributed by atoms with Crippen LogP contribution < -0.4 is 0 Å². The number of rotatable bonds is 2. The molecule has 2 nitrogen and oxygen atoms in total. The molecule has 1 aromatic carbocycles. The van der Waals surface area contributed by atoms with Crippen LogP contribution in [0.3, 0.4) is 0 Å². The number of hydrogen-bond donors (Lipinski definition) is 1. The maximum Gasteiger partial charge on any atom is 0.131 e. The summed E-state index contributed by atoms with van der Waals surface area (Å²) in [6.07, 6.45) is -0.678. The Kier molecular flexibility index (Phi) is 3.05. The molecule has 0 spiro atoms. The molecule has 0 bridgehead atoms. The molecule has 2 rings (SSSR count). The first kappa shape index (κ1) is 10.6. The summed E-state index contributed by atoms with van der Waals surface area (Å²) in [5, 5.41) is 13.3. The average Bonchev–Trinajstić information content (AvgIpc) is 2.64. The Bertz CT molecular complexity index is 469. The second kappa shape index (κ2) is 4.31. The van der Waals surface area contributed by atoms with E-state index in [9.17, 15) is 5.11 Å². The van der Waals surface area contributed by atoms with Crippen LogP contribution in [-0.2, 0) is 0 Å². The molecule has 0 aliphatic carbocycles. The highest BCUT2D eigenvalue weighted by atomic mass is 35.5. The minimum absolute atomic E-state index is 0.625. The molecule has 78 valence electrons. The third kappa shape index (κ3) is 2.37. The van der Waals surface area contributed by atoms with Crippen LogP contribution in [0, 0.1) is 6.92 Å². The third-order valence-electron chi connectivity index (χ3n) is 2.04. The molecular formula is C11H10ClNOS. The van der Waals surface area contributed by atoms with Gasteiger partial charge in [-0.3, -0.25) is 0 Å². The van der Waals surface area contributed by atoms with Crippen LogP contribution in [0.1, 0.15) is 22.4 Å². The van der Waals surface area contributed by atoms with E-state index >= 15 is 0 Å². The van der Waals surface area contributed by atoms with Crippen LogP contribution in [0.2, 0.25) is 5.02 Å². The van der Waals surface area contributed by atoms with Crippen LogP contribution >= 0.6 is 22.9 Å². The topological polar surface area (TPSA) is 33.1 Å². The molecule has 0 fully saturated rings. The Balaban J connectivity index is 2.32. The van der Waals surface area contributed by atoms with Gasteiger partial charge in [0.2, 0.25) is 0 Å². The van der Waals surface area contributed by atoms with Gasteiger partial charge >= 0.3 is 0 Å². The molecule has 0 amide bonds. The second-order valence-corrected chi connectivity index (χ2v) is 4.61. The Morgan fingerprint density at radius 2 is 2.27 bits per heavy atom.